The van der Waals surface area contributed by atoms with E-state index in [1.807, 2.05) is 6.07 Å². The minimum Gasteiger partial charge on any atom is -1.00 e. The van der Waals surface area contributed by atoms with Gasteiger partial charge in [0, 0.05) is 5.39 Å². The Bertz CT molecular complexity index is 578. The molecular formula is C10H9NaO3S. The molecule has 0 bridgehead atoms. The van der Waals surface area contributed by atoms with Gasteiger partial charge in [-0.15, -0.1) is 0 Å². The molecule has 0 fully saturated rings. The Morgan fingerprint density at radius 1 is 1.00 bits per heavy atom. The van der Waals surface area contributed by atoms with Crippen LogP contribution in [-0.2, 0) is 10.1 Å². The molecule has 0 aliphatic carbocycles. The van der Waals surface area contributed by atoms with Crippen LogP contribution in [0.15, 0.2) is 47.4 Å². The van der Waals surface area contributed by atoms with Crippen molar-refractivity contribution < 1.29 is 44.0 Å². The van der Waals surface area contributed by atoms with Crippen molar-refractivity contribution >= 4 is 20.9 Å². The van der Waals surface area contributed by atoms with Crippen molar-refractivity contribution in [2.24, 2.45) is 0 Å². The van der Waals surface area contributed by atoms with Gasteiger partial charge in [-0.25, -0.2) is 0 Å². The van der Waals surface area contributed by atoms with Gasteiger partial charge in [0.2, 0.25) is 0 Å². The van der Waals surface area contributed by atoms with Crippen LogP contribution in [-0.4, -0.2) is 13.0 Å². The minimum absolute atomic E-state index is 0. The van der Waals surface area contributed by atoms with Gasteiger partial charge in [0.05, 0.1) is 0 Å². The van der Waals surface area contributed by atoms with Gasteiger partial charge in [-0.2, -0.15) is 8.42 Å². The Hall–Kier alpha value is -0.390. The molecule has 2 aromatic rings. The third-order valence-corrected chi connectivity index (χ3v) is 2.94. The first-order valence-corrected chi connectivity index (χ1v) is 5.48. The SMILES string of the molecule is O=S(=O)(O)c1cccc2ccccc12.[H-].[Na+]. The van der Waals surface area contributed by atoms with Gasteiger partial charge in [-0.3, -0.25) is 4.55 Å². The number of fused-ring (bicyclic) bond motifs is 1. The van der Waals surface area contributed by atoms with E-state index in [-0.39, 0.29) is 35.9 Å². The summed E-state index contributed by atoms with van der Waals surface area (Å²) in [6, 6.07) is 11.8. The molecule has 0 aromatic heterocycles. The fraction of sp³-hybridized carbons (Fsp3) is 0. The number of hydrogen-bond donors (Lipinski definition) is 1. The van der Waals surface area contributed by atoms with Gasteiger partial charge >= 0.3 is 29.6 Å². The minimum atomic E-state index is -4.13. The van der Waals surface area contributed by atoms with Crippen molar-refractivity contribution in [3.05, 3.63) is 42.5 Å². The molecule has 0 saturated carbocycles. The summed E-state index contributed by atoms with van der Waals surface area (Å²) >= 11 is 0. The summed E-state index contributed by atoms with van der Waals surface area (Å²) in [5, 5.41) is 1.33. The second kappa shape index (κ2) is 4.63. The monoisotopic (exact) mass is 232 g/mol. The second-order valence-electron chi connectivity index (χ2n) is 2.95. The molecule has 15 heavy (non-hydrogen) atoms. The van der Waals surface area contributed by atoms with E-state index in [9.17, 15) is 8.42 Å². The molecule has 0 heterocycles. The van der Waals surface area contributed by atoms with Crippen molar-refractivity contribution in [2.75, 3.05) is 0 Å². The van der Waals surface area contributed by atoms with Crippen molar-refractivity contribution in [1.29, 1.82) is 0 Å². The van der Waals surface area contributed by atoms with E-state index < -0.39 is 10.1 Å². The fourth-order valence-corrected chi connectivity index (χ4v) is 2.13. The molecule has 2 aromatic carbocycles. The van der Waals surface area contributed by atoms with E-state index in [2.05, 4.69) is 0 Å². The van der Waals surface area contributed by atoms with Crippen LogP contribution in [0.4, 0.5) is 0 Å². The molecule has 1 N–H and O–H groups in total. The van der Waals surface area contributed by atoms with Crippen LogP contribution >= 0.6 is 0 Å². The average molecular weight is 232 g/mol. The Morgan fingerprint density at radius 3 is 2.27 bits per heavy atom. The first-order chi connectivity index (χ1) is 6.59. The van der Waals surface area contributed by atoms with Crippen molar-refractivity contribution in [3.8, 4) is 0 Å². The predicted octanol–water partition coefficient (Wildman–Crippen LogP) is -0.797. The topological polar surface area (TPSA) is 54.4 Å². The maximum Gasteiger partial charge on any atom is 1.00 e. The third kappa shape index (κ3) is 2.59. The maximum absolute atomic E-state index is 11.0. The molecule has 0 unspecified atom stereocenters. The second-order valence-corrected chi connectivity index (χ2v) is 4.34. The molecule has 0 amide bonds. The Balaban J connectivity index is 0.00000112. The van der Waals surface area contributed by atoms with Gasteiger partial charge in [0.25, 0.3) is 10.1 Å². The molecule has 0 spiro atoms. The largest absolute Gasteiger partial charge is 1.00 e. The molecule has 0 aliphatic rings. The molecule has 0 aliphatic heterocycles. The molecule has 2 rings (SSSR count). The van der Waals surface area contributed by atoms with Crippen LogP contribution in [0.2, 0.25) is 0 Å². The summed E-state index contributed by atoms with van der Waals surface area (Å²) in [7, 11) is -4.13. The molecule has 0 saturated heterocycles. The van der Waals surface area contributed by atoms with Crippen LogP contribution in [0, 0.1) is 0 Å². The molecule has 5 heteroatoms. The zero-order chi connectivity index (χ0) is 10.2. The molecule has 0 radical (unpaired) electrons. The van der Waals surface area contributed by atoms with Gasteiger partial charge in [-0.1, -0.05) is 36.4 Å². The summed E-state index contributed by atoms with van der Waals surface area (Å²) in [6.07, 6.45) is 0. The zero-order valence-electron chi connectivity index (χ0n) is 9.21. The predicted molar refractivity (Wildman–Crippen MR) is 54.9 cm³/mol. The third-order valence-electron chi connectivity index (χ3n) is 2.03. The molecule has 0 atom stereocenters. The standard InChI is InChI=1S/C10H8O3S.Na.H/c11-14(12,13)10-7-3-5-8-4-1-2-6-9(8)10;;/h1-7H,(H,11,12,13);;/q;+1;-1. The van der Waals surface area contributed by atoms with E-state index in [4.69, 9.17) is 4.55 Å². The van der Waals surface area contributed by atoms with Crippen molar-refractivity contribution in [1.82, 2.24) is 0 Å². The first-order valence-electron chi connectivity index (χ1n) is 4.04. The van der Waals surface area contributed by atoms with Crippen LogP contribution in [0.1, 0.15) is 1.43 Å². The smallest absolute Gasteiger partial charge is 1.00 e. The summed E-state index contributed by atoms with van der Waals surface area (Å²) in [5.41, 5.74) is 0. The van der Waals surface area contributed by atoms with Crippen molar-refractivity contribution in [2.45, 2.75) is 4.90 Å². The van der Waals surface area contributed by atoms with Gasteiger partial charge in [-0.05, 0) is 11.5 Å². The van der Waals surface area contributed by atoms with Crippen LogP contribution in [0.25, 0.3) is 10.8 Å². The van der Waals surface area contributed by atoms with Gasteiger partial charge in [0.15, 0.2) is 0 Å². The van der Waals surface area contributed by atoms with E-state index in [0.717, 1.165) is 5.39 Å². The van der Waals surface area contributed by atoms with E-state index in [1.54, 1.807) is 30.3 Å². The summed E-state index contributed by atoms with van der Waals surface area (Å²) < 4.78 is 31.0. The Morgan fingerprint density at radius 2 is 1.60 bits per heavy atom. The number of rotatable bonds is 1. The number of benzene rings is 2. The van der Waals surface area contributed by atoms with Crippen molar-refractivity contribution in [3.63, 3.8) is 0 Å². The van der Waals surface area contributed by atoms with Gasteiger partial charge in [0.1, 0.15) is 4.90 Å². The van der Waals surface area contributed by atoms with Crippen LogP contribution in [0.5, 0.6) is 0 Å². The van der Waals surface area contributed by atoms with Gasteiger partial charge < -0.3 is 1.43 Å². The zero-order valence-corrected chi connectivity index (χ0v) is 11.0. The fourth-order valence-electron chi connectivity index (χ4n) is 1.42. The van der Waals surface area contributed by atoms with Crippen LogP contribution in [0.3, 0.4) is 0 Å². The normalized spacial score (nSPS) is 11.0. The Labute approximate surface area is 112 Å². The molecular weight excluding hydrogens is 223 g/mol. The maximum atomic E-state index is 11.0. The summed E-state index contributed by atoms with van der Waals surface area (Å²) in [6.45, 7) is 0. The quantitative estimate of drug-likeness (QED) is 0.517. The molecule has 74 valence electrons. The Kier molecular flexibility index (Phi) is 3.92. The first kappa shape index (κ1) is 12.7. The number of hydrogen-bond acceptors (Lipinski definition) is 2. The summed E-state index contributed by atoms with van der Waals surface area (Å²) in [4.78, 5) is -0.0457. The van der Waals surface area contributed by atoms with E-state index in [1.165, 1.54) is 6.07 Å². The van der Waals surface area contributed by atoms with E-state index in [0.29, 0.717) is 5.39 Å². The van der Waals surface area contributed by atoms with Crippen LogP contribution < -0.4 is 29.6 Å². The molecule has 3 nitrogen and oxygen atoms in total. The summed E-state index contributed by atoms with van der Waals surface area (Å²) in [5.74, 6) is 0. The average Bonchev–Trinajstić information content (AvgIpc) is 2.15. The van der Waals surface area contributed by atoms with E-state index >= 15 is 0 Å².